The molecule has 0 fully saturated rings. The smallest absolute Gasteiger partial charge is 0.174 e. The average Bonchev–Trinajstić information content (AvgIpc) is 2.51. The molecule has 0 bridgehead atoms. The highest BCUT2D eigenvalue weighted by Gasteiger charge is 2.05. The summed E-state index contributed by atoms with van der Waals surface area (Å²) in [7, 11) is 0. The Kier molecular flexibility index (Phi) is 4.68. The molecular formula is C17H18N2O2. The van der Waals surface area contributed by atoms with Crippen LogP contribution in [0.5, 0.6) is 11.5 Å². The van der Waals surface area contributed by atoms with Gasteiger partial charge in [-0.3, -0.25) is 0 Å². The highest BCUT2D eigenvalue weighted by molar-refractivity contribution is 5.59. The molecule has 0 heterocycles. The van der Waals surface area contributed by atoms with Crippen LogP contribution in [0.3, 0.4) is 0 Å². The number of aryl methyl sites for hydroxylation is 1. The maximum Gasteiger partial charge on any atom is 0.174 e. The molecule has 0 spiro atoms. The molecule has 0 aliphatic rings. The number of nitrogens with one attached hydrogen (secondary N) is 1. The minimum absolute atomic E-state index is 0.0550. The fourth-order valence-corrected chi connectivity index (χ4v) is 2.04. The number of nitrogens with zero attached hydrogens (tertiary/aromatic N) is 1. The largest absolute Gasteiger partial charge is 0.507 e. The molecule has 2 rings (SSSR count). The van der Waals surface area contributed by atoms with Crippen LogP contribution in [0, 0.1) is 25.2 Å². The Bertz CT molecular complexity index is 658. The van der Waals surface area contributed by atoms with Gasteiger partial charge in [-0.15, -0.1) is 0 Å². The molecule has 2 aromatic carbocycles. The third-order valence-electron chi connectivity index (χ3n) is 3.34. The maximum atomic E-state index is 9.92. The van der Waals surface area contributed by atoms with Gasteiger partial charge in [0.25, 0.3) is 0 Å². The molecular weight excluding hydrogens is 264 g/mol. The van der Waals surface area contributed by atoms with Gasteiger partial charge in [0.05, 0.1) is 0 Å². The van der Waals surface area contributed by atoms with Gasteiger partial charge in [0.1, 0.15) is 17.6 Å². The number of phenols is 1. The first-order valence-electron chi connectivity index (χ1n) is 6.73. The van der Waals surface area contributed by atoms with Crippen molar-refractivity contribution in [3.05, 3.63) is 53.1 Å². The van der Waals surface area contributed by atoms with E-state index in [1.807, 2.05) is 56.3 Å². The van der Waals surface area contributed by atoms with Crippen LogP contribution in [-0.4, -0.2) is 11.7 Å². The van der Waals surface area contributed by atoms with E-state index in [1.165, 1.54) is 0 Å². The third kappa shape index (κ3) is 3.67. The number of benzene rings is 2. The Morgan fingerprint density at radius 2 is 1.86 bits per heavy atom. The van der Waals surface area contributed by atoms with E-state index < -0.39 is 0 Å². The van der Waals surface area contributed by atoms with Crippen LogP contribution in [0.2, 0.25) is 0 Å². The molecule has 0 radical (unpaired) electrons. The van der Waals surface area contributed by atoms with Crippen molar-refractivity contribution >= 4 is 5.69 Å². The predicted octanol–water partition coefficient (Wildman–Crippen LogP) is 3.52. The molecule has 0 aromatic heterocycles. The average molecular weight is 282 g/mol. The fourth-order valence-electron chi connectivity index (χ4n) is 2.04. The summed E-state index contributed by atoms with van der Waals surface area (Å²) >= 11 is 0. The molecule has 0 amide bonds. The zero-order valence-electron chi connectivity index (χ0n) is 12.2. The summed E-state index contributed by atoms with van der Waals surface area (Å²) < 4.78 is 5.21. The number of nitriles is 1. The first kappa shape index (κ1) is 14.7. The van der Waals surface area contributed by atoms with Gasteiger partial charge in [-0.05, 0) is 43.2 Å². The van der Waals surface area contributed by atoms with Crippen LogP contribution >= 0.6 is 0 Å². The Morgan fingerprint density at radius 1 is 1.14 bits per heavy atom. The van der Waals surface area contributed by atoms with Gasteiger partial charge in [0.2, 0.25) is 0 Å². The first-order chi connectivity index (χ1) is 10.1. The van der Waals surface area contributed by atoms with Crippen LogP contribution in [0.25, 0.3) is 0 Å². The van der Waals surface area contributed by atoms with Gasteiger partial charge >= 0.3 is 0 Å². The second-order valence-electron chi connectivity index (χ2n) is 4.85. The normalized spacial score (nSPS) is 9.95. The quantitative estimate of drug-likeness (QED) is 0.880. The van der Waals surface area contributed by atoms with Gasteiger partial charge in [-0.2, -0.15) is 5.26 Å². The summed E-state index contributed by atoms with van der Waals surface area (Å²) in [5.41, 5.74) is 3.74. The molecule has 21 heavy (non-hydrogen) atoms. The third-order valence-corrected chi connectivity index (χ3v) is 3.34. The van der Waals surface area contributed by atoms with Crippen molar-refractivity contribution in [1.29, 1.82) is 5.26 Å². The number of aromatic hydroxyl groups is 1. The molecule has 2 N–H and O–H groups in total. The number of phenolic OH excluding ortho intramolecular Hbond substituents is 1. The number of ether oxygens (including phenoxy) is 1. The van der Waals surface area contributed by atoms with Crippen molar-refractivity contribution in [1.82, 2.24) is 0 Å². The molecule has 0 atom stereocenters. The zero-order chi connectivity index (χ0) is 15.2. The van der Waals surface area contributed by atoms with E-state index in [0.29, 0.717) is 18.0 Å². The van der Waals surface area contributed by atoms with Gasteiger partial charge in [0.15, 0.2) is 6.61 Å². The summed E-state index contributed by atoms with van der Waals surface area (Å²) in [4.78, 5) is 0. The van der Waals surface area contributed by atoms with E-state index in [1.54, 1.807) is 0 Å². The van der Waals surface area contributed by atoms with Crippen molar-refractivity contribution in [2.75, 3.05) is 11.9 Å². The molecule has 4 heteroatoms. The van der Waals surface area contributed by atoms with E-state index in [0.717, 1.165) is 22.4 Å². The van der Waals surface area contributed by atoms with Crippen molar-refractivity contribution in [3.63, 3.8) is 0 Å². The van der Waals surface area contributed by atoms with E-state index >= 15 is 0 Å². The standard InChI is InChI=1S/C17H18N2O2/c1-12-3-8-16(13(2)17(12)20)19-11-14-4-6-15(7-5-14)21-10-9-18/h3-8,19-20H,10-11H2,1-2H3. The minimum atomic E-state index is 0.0550. The molecule has 0 saturated carbocycles. The monoisotopic (exact) mass is 282 g/mol. The molecule has 0 aliphatic carbocycles. The van der Waals surface area contributed by atoms with Crippen LogP contribution < -0.4 is 10.1 Å². The van der Waals surface area contributed by atoms with Gasteiger partial charge in [-0.25, -0.2) is 0 Å². The van der Waals surface area contributed by atoms with Crippen molar-refractivity contribution in [3.8, 4) is 17.6 Å². The van der Waals surface area contributed by atoms with E-state index in [-0.39, 0.29) is 6.61 Å². The van der Waals surface area contributed by atoms with Crippen LogP contribution in [0.15, 0.2) is 36.4 Å². The lowest BCUT2D eigenvalue weighted by Crippen LogP contribution is -2.01. The number of rotatable bonds is 5. The van der Waals surface area contributed by atoms with Crippen LogP contribution in [0.4, 0.5) is 5.69 Å². The maximum absolute atomic E-state index is 9.92. The first-order valence-corrected chi connectivity index (χ1v) is 6.73. The highest BCUT2D eigenvalue weighted by Crippen LogP contribution is 2.28. The second kappa shape index (κ2) is 6.67. The lowest BCUT2D eigenvalue weighted by molar-refractivity contribution is 0.368. The molecule has 0 unspecified atom stereocenters. The predicted molar refractivity (Wildman–Crippen MR) is 82.5 cm³/mol. The Hall–Kier alpha value is -2.67. The van der Waals surface area contributed by atoms with Crippen molar-refractivity contribution in [2.45, 2.75) is 20.4 Å². The van der Waals surface area contributed by atoms with Gasteiger partial charge in [0, 0.05) is 17.8 Å². The number of hydrogen-bond acceptors (Lipinski definition) is 4. The summed E-state index contributed by atoms with van der Waals surface area (Å²) in [5, 5.41) is 21.7. The highest BCUT2D eigenvalue weighted by atomic mass is 16.5. The van der Waals surface area contributed by atoms with Crippen LogP contribution in [-0.2, 0) is 6.54 Å². The minimum Gasteiger partial charge on any atom is -0.507 e. The Labute approximate surface area is 124 Å². The van der Waals surface area contributed by atoms with Crippen molar-refractivity contribution < 1.29 is 9.84 Å². The zero-order valence-corrected chi connectivity index (χ0v) is 12.2. The molecule has 0 saturated heterocycles. The topological polar surface area (TPSA) is 65.3 Å². The number of hydrogen-bond donors (Lipinski definition) is 2. The Balaban J connectivity index is 2.00. The SMILES string of the molecule is Cc1ccc(NCc2ccc(OCC#N)cc2)c(C)c1O. The summed E-state index contributed by atoms with van der Waals surface area (Å²) in [6.07, 6.45) is 0. The lowest BCUT2D eigenvalue weighted by Gasteiger charge is -2.12. The number of anilines is 1. The van der Waals surface area contributed by atoms with Crippen LogP contribution in [0.1, 0.15) is 16.7 Å². The van der Waals surface area contributed by atoms with E-state index in [2.05, 4.69) is 5.32 Å². The van der Waals surface area contributed by atoms with Gasteiger partial charge in [-0.1, -0.05) is 18.2 Å². The molecule has 4 nitrogen and oxygen atoms in total. The second-order valence-corrected chi connectivity index (χ2v) is 4.85. The fraction of sp³-hybridized carbons (Fsp3) is 0.235. The van der Waals surface area contributed by atoms with Gasteiger partial charge < -0.3 is 15.2 Å². The summed E-state index contributed by atoms with van der Waals surface area (Å²) in [5.74, 6) is 1.02. The summed E-state index contributed by atoms with van der Waals surface area (Å²) in [6.45, 7) is 4.48. The molecule has 0 aliphatic heterocycles. The molecule has 108 valence electrons. The van der Waals surface area contributed by atoms with E-state index in [9.17, 15) is 5.11 Å². The lowest BCUT2D eigenvalue weighted by atomic mass is 10.1. The van der Waals surface area contributed by atoms with E-state index in [4.69, 9.17) is 10.00 Å². The molecule has 2 aromatic rings. The summed E-state index contributed by atoms with van der Waals surface area (Å²) in [6, 6.07) is 13.4. The Morgan fingerprint density at radius 3 is 2.52 bits per heavy atom. The van der Waals surface area contributed by atoms with Crippen molar-refractivity contribution in [2.24, 2.45) is 0 Å².